The van der Waals surface area contributed by atoms with E-state index in [0.717, 1.165) is 30.8 Å². The predicted octanol–water partition coefficient (Wildman–Crippen LogP) is 2.53. The Kier molecular flexibility index (Phi) is 3.83. The highest BCUT2D eigenvalue weighted by Crippen LogP contribution is 2.39. The monoisotopic (exact) mass is 349 g/mol. The Balaban J connectivity index is 1.50. The summed E-state index contributed by atoms with van der Waals surface area (Å²) in [5.41, 5.74) is 1.26. The molecular formula is C16H20ClN5O2. The fourth-order valence-electron chi connectivity index (χ4n) is 3.24. The molecule has 2 aromatic rings. The van der Waals surface area contributed by atoms with Gasteiger partial charge in [0, 0.05) is 26.1 Å². The molecule has 0 spiro atoms. The molecule has 128 valence electrons. The van der Waals surface area contributed by atoms with E-state index in [4.69, 9.17) is 16.1 Å². The minimum atomic E-state index is -0.0608. The van der Waals surface area contributed by atoms with Crippen LogP contribution in [0.4, 0.5) is 0 Å². The topological polar surface area (TPSA) is 77.1 Å². The normalized spacial score (nSPS) is 20.8. The molecule has 1 aliphatic heterocycles. The lowest BCUT2D eigenvalue weighted by atomic mass is 10.1. The highest BCUT2D eigenvalue weighted by Gasteiger charge is 2.35. The van der Waals surface area contributed by atoms with Gasteiger partial charge in [0.2, 0.25) is 5.89 Å². The summed E-state index contributed by atoms with van der Waals surface area (Å²) in [6.07, 6.45) is 3.80. The van der Waals surface area contributed by atoms with Crippen LogP contribution in [0, 0.1) is 0 Å². The van der Waals surface area contributed by atoms with E-state index in [1.807, 2.05) is 11.8 Å². The van der Waals surface area contributed by atoms with Gasteiger partial charge in [-0.05, 0) is 25.7 Å². The van der Waals surface area contributed by atoms with Crippen molar-refractivity contribution < 1.29 is 9.32 Å². The summed E-state index contributed by atoms with van der Waals surface area (Å²) in [5.74, 6) is 1.99. The van der Waals surface area contributed by atoms with Crippen molar-refractivity contribution in [2.45, 2.75) is 44.4 Å². The molecular weight excluding hydrogens is 330 g/mol. The fraction of sp³-hybridized carbons (Fsp3) is 0.625. The highest BCUT2D eigenvalue weighted by atomic mass is 35.5. The molecule has 0 unspecified atom stereocenters. The average molecular weight is 350 g/mol. The Morgan fingerprint density at radius 1 is 1.33 bits per heavy atom. The molecule has 7 nitrogen and oxygen atoms in total. The Morgan fingerprint density at radius 3 is 2.83 bits per heavy atom. The van der Waals surface area contributed by atoms with E-state index in [1.165, 1.54) is 0 Å². The van der Waals surface area contributed by atoms with Crippen LogP contribution in [0.1, 0.15) is 65.8 Å². The average Bonchev–Trinajstić information content (AvgIpc) is 3.00. The predicted molar refractivity (Wildman–Crippen MR) is 87.1 cm³/mol. The maximum Gasteiger partial charge on any atom is 0.258 e. The molecule has 8 heteroatoms. The smallest absolute Gasteiger partial charge is 0.258 e. The van der Waals surface area contributed by atoms with Gasteiger partial charge in [0.1, 0.15) is 5.15 Å². The number of aromatic nitrogens is 4. The first-order valence-corrected chi connectivity index (χ1v) is 8.80. The lowest BCUT2D eigenvalue weighted by Gasteiger charge is -2.16. The number of carbonyl (C=O) groups is 1. The molecule has 0 N–H and O–H groups in total. The second-order valence-electron chi connectivity index (χ2n) is 6.59. The lowest BCUT2D eigenvalue weighted by Crippen LogP contribution is -2.29. The molecule has 1 saturated carbocycles. The van der Waals surface area contributed by atoms with Crippen molar-refractivity contribution in [2.24, 2.45) is 7.05 Å². The minimum absolute atomic E-state index is 0.0608. The van der Waals surface area contributed by atoms with Gasteiger partial charge in [-0.3, -0.25) is 9.48 Å². The number of hydrogen-bond acceptors (Lipinski definition) is 5. The Morgan fingerprint density at radius 2 is 2.12 bits per heavy atom. The van der Waals surface area contributed by atoms with Gasteiger partial charge in [-0.2, -0.15) is 10.1 Å². The number of nitrogens with zero attached hydrogens (tertiary/aromatic N) is 5. The van der Waals surface area contributed by atoms with Crippen LogP contribution in [-0.4, -0.2) is 43.8 Å². The van der Waals surface area contributed by atoms with Gasteiger partial charge in [0.25, 0.3) is 5.91 Å². The van der Waals surface area contributed by atoms with E-state index in [2.05, 4.69) is 15.2 Å². The van der Waals surface area contributed by atoms with Gasteiger partial charge in [-0.15, -0.1) is 0 Å². The number of likely N-dealkylation sites (tertiary alicyclic amines) is 1. The third kappa shape index (κ3) is 2.60. The molecule has 1 saturated heterocycles. The van der Waals surface area contributed by atoms with E-state index in [-0.39, 0.29) is 11.8 Å². The van der Waals surface area contributed by atoms with Crippen molar-refractivity contribution in [1.82, 2.24) is 24.8 Å². The summed E-state index contributed by atoms with van der Waals surface area (Å²) < 4.78 is 6.97. The molecule has 2 aromatic heterocycles. The van der Waals surface area contributed by atoms with Crippen LogP contribution in [0.2, 0.25) is 5.15 Å². The molecule has 1 aliphatic carbocycles. The van der Waals surface area contributed by atoms with Crippen LogP contribution in [-0.2, 0) is 13.5 Å². The van der Waals surface area contributed by atoms with Crippen molar-refractivity contribution in [1.29, 1.82) is 0 Å². The van der Waals surface area contributed by atoms with Crippen molar-refractivity contribution in [3.63, 3.8) is 0 Å². The fourth-order valence-corrected chi connectivity index (χ4v) is 3.47. The minimum Gasteiger partial charge on any atom is -0.339 e. The lowest BCUT2D eigenvalue weighted by molar-refractivity contribution is 0.0788. The highest BCUT2D eigenvalue weighted by molar-refractivity contribution is 6.33. The molecule has 2 aliphatic rings. The van der Waals surface area contributed by atoms with Crippen LogP contribution in [0.5, 0.6) is 0 Å². The molecule has 4 rings (SSSR count). The van der Waals surface area contributed by atoms with Crippen LogP contribution < -0.4 is 0 Å². The van der Waals surface area contributed by atoms with Crippen molar-refractivity contribution in [3.05, 3.63) is 28.1 Å². The molecule has 1 atom stereocenters. The molecule has 3 heterocycles. The summed E-state index contributed by atoms with van der Waals surface area (Å²) in [6, 6.07) is 0. The van der Waals surface area contributed by atoms with E-state index in [1.54, 1.807) is 11.7 Å². The first-order chi connectivity index (χ1) is 11.6. The third-order valence-corrected chi connectivity index (χ3v) is 5.26. The number of carbonyl (C=O) groups excluding carboxylic acids is 1. The van der Waals surface area contributed by atoms with Crippen molar-refractivity contribution in [3.8, 4) is 0 Å². The van der Waals surface area contributed by atoms with E-state index >= 15 is 0 Å². The third-order valence-electron chi connectivity index (χ3n) is 4.82. The summed E-state index contributed by atoms with van der Waals surface area (Å²) >= 11 is 6.28. The van der Waals surface area contributed by atoms with Gasteiger partial charge >= 0.3 is 0 Å². The van der Waals surface area contributed by atoms with Gasteiger partial charge in [-0.25, -0.2) is 0 Å². The van der Waals surface area contributed by atoms with Crippen LogP contribution in [0.25, 0.3) is 0 Å². The van der Waals surface area contributed by atoms with Gasteiger partial charge in [-0.1, -0.05) is 23.7 Å². The Labute approximate surface area is 145 Å². The molecule has 2 fully saturated rings. The first-order valence-electron chi connectivity index (χ1n) is 8.42. The maximum absolute atomic E-state index is 12.9. The van der Waals surface area contributed by atoms with Crippen LogP contribution in [0.3, 0.4) is 0 Å². The van der Waals surface area contributed by atoms with Crippen molar-refractivity contribution >= 4 is 17.5 Å². The number of rotatable bonds is 4. The SMILES string of the molecule is CCc1nn(C)c(Cl)c1C(=O)N1CC[C@@H](c2nc(C3CC3)no2)C1. The number of aryl methyl sites for hydroxylation is 2. The summed E-state index contributed by atoms with van der Waals surface area (Å²) in [5, 5.41) is 8.79. The zero-order chi connectivity index (χ0) is 16.8. The maximum atomic E-state index is 12.9. The van der Waals surface area contributed by atoms with Crippen LogP contribution in [0.15, 0.2) is 4.52 Å². The van der Waals surface area contributed by atoms with Crippen LogP contribution >= 0.6 is 11.6 Å². The second-order valence-corrected chi connectivity index (χ2v) is 6.95. The number of amides is 1. The zero-order valence-corrected chi connectivity index (χ0v) is 14.6. The second kappa shape index (κ2) is 5.88. The molecule has 0 bridgehead atoms. The first kappa shape index (κ1) is 15.6. The van der Waals surface area contributed by atoms with Gasteiger partial charge in [0.05, 0.1) is 17.2 Å². The van der Waals surface area contributed by atoms with E-state index in [9.17, 15) is 4.79 Å². The number of hydrogen-bond donors (Lipinski definition) is 0. The Hall–Kier alpha value is -1.89. The van der Waals surface area contributed by atoms with E-state index in [0.29, 0.717) is 42.0 Å². The largest absolute Gasteiger partial charge is 0.339 e. The molecule has 0 aromatic carbocycles. The Bertz CT molecular complexity index is 780. The summed E-state index contributed by atoms with van der Waals surface area (Å²) in [7, 11) is 1.75. The molecule has 24 heavy (non-hydrogen) atoms. The zero-order valence-electron chi connectivity index (χ0n) is 13.8. The standard InChI is InChI=1S/C16H20ClN5O2/c1-3-11-12(13(17)21(2)19-11)16(23)22-7-6-10(8-22)15-18-14(20-24-15)9-4-5-9/h9-10H,3-8H2,1-2H3/t10-/m1/s1. The number of halogens is 1. The van der Waals surface area contributed by atoms with Crippen molar-refractivity contribution in [2.75, 3.05) is 13.1 Å². The quantitative estimate of drug-likeness (QED) is 0.847. The summed E-state index contributed by atoms with van der Waals surface area (Å²) in [4.78, 5) is 19.2. The summed E-state index contributed by atoms with van der Waals surface area (Å²) in [6.45, 7) is 3.22. The molecule has 0 radical (unpaired) electrons. The van der Waals surface area contributed by atoms with Gasteiger partial charge < -0.3 is 9.42 Å². The van der Waals surface area contributed by atoms with E-state index < -0.39 is 0 Å². The molecule has 1 amide bonds. The van der Waals surface area contributed by atoms with Gasteiger partial charge in [0.15, 0.2) is 5.82 Å².